The Kier molecular flexibility index (Phi) is 3.72. The van der Waals surface area contributed by atoms with Crippen molar-refractivity contribution >= 4 is 22.5 Å². The van der Waals surface area contributed by atoms with Gasteiger partial charge in [0.05, 0.1) is 18.2 Å². The van der Waals surface area contributed by atoms with E-state index in [0.29, 0.717) is 0 Å². The fourth-order valence-corrected chi connectivity index (χ4v) is 3.37. The van der Waals surface area contributed by atoms with E-state index in [0.717, 1.165) is 54.5 Å². The fraction of sp³-hybridized carbons (Fsp3) is 0.333. The lowest BCUT2D eigenvalue weighted by molar-refractivity contribution is 0.413. The van der Waals surface area contributed by atoms with Gasteiger partial charge in [0, 0.05) is 39.4 Å². The quantitative estimate of drug-likeness (QED) is 0.740. The van der Waals surface area contributed by atoms with Gasteiger partial charge in [0.2, 0.25) is 0 Å². The number of piperazine rings is 1. The summed E-state index contributed by atoms with van der Waals surface area (Å²) in [5.74, 6) is 1.96. The lowest BCUT2D eigenvalue weighted by Gasteiger charge is -2.37. The molecular weight excluding hydrogens is 302 g/mol. The molecule has 0 atom stereocenters. The molecule has 1 aliphatic heterocycles. The van der Waals surface area contributed by atoms with Crippen molar-refractivity contribution in [3.05, 3.63) is 42.9 Å². The van der Waals surface area contributed by atoms with Gasteiger partial charge in [0.15, 0.2) is 0 Å². The first-order valence-electron chi connectivity index (χ1n) is 8.17. The molecule has 0 aliphatic carbocycles. The van der Waals surface area contributed by atoms with Gasteiger partial charge in [-0.2, -0.15) is 0 Å². The van der Waals surface area contributed by atoms with Crippen LogP contribution in [0.4, 0.5) is 11.5 Å². The molecule has 1 aliphatic rings. The number of benzene rings is 1. The fourth-order valence-electron chi connectivity index (χ4n) is 3.37. The van der Waals surface area contributed by atoms with Gasteiger partial charge < -0.3 is 19.1 Å². The highest BCUT2D eigenvalue weighted by atomic mass is 16.5. The summed E-state index contributed by atoms with van der Waals surface area (Å²) in [6.45, 7) is 3.75. The summed E-state index contributed by atoms with van der Waals surface area (Å²) < 4.78 is 7.53. The number of fused-ring (bicyclic) bond motifs is 1. The molecule has 0 spiro atoms. The molecule has 0 amide bonds. The standard InChI is InChI=1S/C18H21N5O/c1-21-8-7-14-17(21)19-13-20-18(14)23-11-9-22(10-12-23)15-5-3-4-6-16(15)24-2/h3-8,13H,9-12H2,1-2H3. The Balaban J connectivity index is 1.55. The number of hydrogen-bond acceptors (Lipinski definition) is 5. The van der Waals surface area contributed by atoms with E-state index < -0.39 is 0 Å². The Labute approximate surface area is 141 Å². The molecule has 6 nitrogen and oxygen atoms in total. The summed E-state index contributed by atoms with van der Waals surface area (Å²) >= 11 is 0. The maximum absolute atomic E-state index is 5.49. The Morgan fingerprint density at radius 3 is 2.50 bits per heavy atom. The summed E-state index contributed by atoms with van der Waals surface area (Å²) in [7, 11) is 3.74. The van der Waals surface area contributed by atoms with Gasteiger partial charge >= 0.3 is 0 Å². The number of nitrogens with zero attached hydrogens (tertiary/aromatic N) is 5. The van der Waals surface area contributed by atoms with Crippen molar-refractivity contribution < 1.29 is 4.74 Å². The normalized spacial score (nSPS) is 15.1. The van der Waals surface area contributed by atoms with Crippen molar-refractivity contribution in [2.75, 3.05) is 43.1 Å². The van der Waals surface area contributed by atoms with Crippen molar-refractivity contribution in [2.24, 2.45) is 7.05 Å². The summed E-state index contributed by atoms with van der Waals surface area (Å²) in [5.41, 5.74) is 2.14. The molecule has 0 bridgehead atoms. The van der Waals surface area contributed by atoms with E-state index in [1.807, 2.05) is 29.9 Å². The zero-order valence-corrected chi connectivity index (χ0v) is 14.0. The minimum Gasteiger partial charge on any atom is -0.495 e. The zero-order chi connectivity index (χ0) is 16.5. The van der Waals surface area contributed by atoms with Gasteiger partial charge in [0.25, 0.3) is 0 Å². The molecule has 124 valence electrons. The van der Waals surface area contributed by atoms with Gasteiger partial charge in [-0.25, -0.2) is 9.97 Å². The molecule has 1 saturated heterocycles. The van der Waals surface area contributed by atoms with E-state index in [1.54, 1.807) is 13.4 Å². The van der Waals surface area contributed by atoms with Crippen LogP contribution in [0.1, 0.15) is 0 Å². The summed E-state index contributed by atoms with van der Waals surface area (Å²) in [6.07, 6.45) is 3.69. The molecule has 0 unspecified atom stereocenters. The maximum atomic E-state index is 5.49. The molecule has 2 aromatic heterocycles. The Hall–Kier alpha value is -2.76. The van der Waals surface area contributed by atoms with Crippen molar-refractivity contribution in [3.8, 4) is 5.75 Å². The van der Waals surface area contributed by atoms with Crippen LogP contribution in [-0.2, 0) is 7.05 Å². The molecule has 0 saturated carbocycles. The second kappa shape index (κ2) is 6.03. The van der Waals surface area contributed by atoms with E-state index in [1.165, 1.54) is 0 Å². The number of aryl methyl sites for hydroxylation is 1. The predicted octanol–water partition coefficient (Wildman–Crippen LogP) is 2.30. The second-order valence-corrected chi connectivity index (χ2v) is 6.01. The number of methoxy groups -OCH3 is 1. The van der Waals surface area contributed by atoms with Crippen LogP contribution in [0.25, 0.3) is 11.0 Å². The number of aromatic nitrogens is 3. The van der Waals surface area contributed by atoms with Crippen LogP contribution >= 0.6 is 0 Å². The minimum absolute atomic E-state index is 0.929. The number of para-hydroxylation sites is 2. The SMILES string of the molecule is COc1ccccc1N1CCN(c2ncnc3c2ccn3C)CC1. The molecule has 0 radical (unpaired) electrons. The highest BCUT2D eigenvalue weighted by Gasteiger charge is 2.22. The minimum atomic E-state index is 0.929. The summed E-state index contributed by atoms with van der Waals surface area (Å²) in [5, 5.41) is 1.12. The van der Waals surface area contributed by atoms with Crippen molar-refractivity contribution in [1.82, 2.24) is 14.5 Å². The third-order valence-electron chi connectivity index (χ3n) is 4.65. The van der Waals surface area contributed by atoms with Crippen LogP contribution < -0.4 is 14.5 Å². The first-order valence-corrected chi connectivity index (χ1v) is 8.17. The molecular formula is C18H21N5O. The molecule has 24 heavy (non-hydrogen) atoms. The number of anilines is 2. The number of rotatable bonds is 3. The number of hydrogen-bond donors (Lipinski definition) is 0. The van der Waals surface area contributed by atoms with Crippen molar-refractivity contribution in [1.29, 1.82) is 0 Å². The third kappa shape index (κ3) is 2.44. The maximum Gasteiger partial charge on any atom is 0.145 e. The Bertz CT molecular complexity index is 851. The van der Waals surface area contributed by atoms with Gasteiger partial charge in [-0.1, -0.05) is 12.1 Å². The van der Waals surface area contributed by atoms with E-state index >= 15 is 0 Å². The lowest BCUT2D eigenvalue weighted by Crippen LogP contribution is -2.47. The average molecular weight is 323 g/mol. The van der Waals surface area contributed by atoms with Crippen LogP contribution in [-0.4, -0.2) is 47.8 Å². The number of ether oxygens (including phenoxy) is 1. The Morgan fingerprint density at radius 1 is 0.958 bits per heavy atom. The largest absolute Gasteiger partial charge is 0.495 e. The smallest absolute Gasteiger partial charge is 0.145 e. The highest BCUT2D eigenvalue weighted by Crippen LogP contribution is 2.30. The predicted molar refractivity (Wildman–Crippen MR) is 95.9 cm³/mol. The third-order valence-corrected chi connectivity index (χ3v) is 4.65. The van der Waals surface area contributed by atoms with E-state index in [4.69, 9.17) is 4.74 Å². The van der Waals surface area contributed by atoms with Crippen LogP contribution in [0.15, 0.2) is 42.9 Å². The lowest BCUT2D eigenvalue weighted by atomic mass is 10.2. The monoisotopic (exact) mass is 323 g/mol. The van der Waals surface area contributed by atoms with Gasteiger partial charge in [-0.15, -0.1) is 0 Å². The summed E-state index contributed by atoms with van der Waals surface area (Å²) in [6, 6.07) is 10.3. The molecule has 3 aromatic rings. The second-order valence-electron chi connectivity index (χ2n) is 6.01. The van der Waals surface area contributed by atoms with E-state index in [9.17, 15) is 0 Å². The summed E-state index contributed by atoms with van der Waals surface area (Å²) in [4.78, 5) is 13.6. The van der Waals surface area contributed by atoms with Gasteiger partial charge in [-0.3, -0.25) is 0 Å². The van der Waals surface area contributed by atoms with Crippen LogP contribution in [0.3, 0.4) is 0 Å². The molecule has 1 aromatic carbocycles. The molecule has 6 heteroatoms. The average Bonchev–Trinajstić information content (AvgIpc) is 3.03. The molecule has 3 heterocycles. The van der Waals surface area contributed by atoms with Crippen LogP contribution in [0, 0.1) is 0 Å². The highest BCUT2D eigenvalue weighted by molar-refractivity contribution is 5.88. The Morgan fingerprint density at radius 2 is 1.71 bits per heavy atom. The first-order chi connectivity index (χ1) is 11.8. The van der Waals surface area contributed by atoms with Crippen molar-refractivity contribution in [2.45, 2.75) is 0 Å². The molecule has 4 rings (SSSR count). The van der Waals surface area contributed by atoms with Crippen molar-refractivity contribution in [3.63, 3.8) is 0 Å². The molecule has 1 fully saturated rings. The topological polar surface area (TPSA) is 46.4 Å². The van der Waals surface area contributed by atoms with Gasteiger partial charge in [0.1, 0.15) is 23.5 Å². The van der Waals surface area contributed by atoms with Gasteiger partial charge in [-0.05, 0) is 18.2 Å². The van der Waals surface area contributed by atoms with Crippen LogP contribution in [0.5, 0.6) is 5.75 Å². The molecule has 0 N–H and O–H groups in total. The first kappa shape index (κ1) is 14.8. The van der Waals surface area contributed by atoms with E-state index in [-0.39, 0.29) is 0 Å². The van der Waals surface area contributed by atoms with Crippen LogP contribution in [0.2, 0.25) is 0 Å². The zero-order valence-electron chi connectivity index (χ0n) is 14.0. The van der Waals surface area contributed by atoms with E-state index in [2.05, 4.69) is 38.0 Å².